The van der Waals surface area contributed by atoms with Crippen molar-refractivity contribution in [3.63, 3.8) is 0 Å². The first-order chi connectivity index (χ1) is 10.5. The summed E-state index contributed by atoms with van der Waals surface area (Å²) in [7, 11) is 3.81. The third kappa shape index (κ3) is 3.93. The van der Waals surface area contributed by atoms with Gasteiger partial charge in [0.2, 0.25) is 0 Å². The number of likely N-dealkylation sites (N-methyl/N-ethyl adjacent to an activating group) is 1. The summed E-state index contributed by atoms with van der Waals surface area (Å²) in [6, 6.07) is 7.84. The van der Waals surface area contributed by atoms with Crippen LogP contribution in [0.1, 0.15) is 27.7 Å². The van der Waals surface area contributed by atoms with Gasteiger partial charge in [-0.1, -0.05) is 12.1 Å². The molecule has 0 fully saturated rings. The first-order valence-corrected chi connectivity index (χ1v) is 6.99. The second kappa shape index (κ2) is 7.20. The minimum Gasteiger partial charge on any atom is -0.467 e. The maximum absolute atomic E-state index is 13.0. The molecule has 0 aliphatic heterocycles. The topological polar surface area (TPSA) is 71.5 Å². The normalized spacial score (nSPS) is 12.4. The molecule has 118 valence electrons. The molecule has 1 unspecified atom stereocenters. The summed E-state index contributed by atoms with van der Waals surface area (Å²) in [6.07, 6.45) is 1.39. The van der Waals surface area contributed by atoms with Gasteiger partial charge in [-0.2, -0.15) is 0 Å². The van der Waals surface area contributed by atoms with Gasteiger partial charge in [-0.15, -0.1) is 0 Å². The fraction of sp³-hybridized carbons (Fsp3) is 0.312. The van der Waals surface area contributed by atoms with Crippen LogP contribution in [0, 0.1) is 5.82 Å². The van der Waals surface area contributed by atoms with E-state index in [0.29, 0.717) is 17.9 Å². The molecule has 1 atom stereocenters. The number of benzene rings is 1. The quantitative estimate of drug-likeness (QED) is 0.855. The van der Waals surface area contributed by atoms with E-state index in [9.17, 15) is 9.18 Å². The number of nitrogens with two attached hydrogens (primary N) is 1. The number of halogens is 1. The second-order valence-electron chi connectivity index (χ2n) is 5.25. The maximum Gasteiger partial charge on any atom is 0.254 e. The summed E-state index contributed by atoms with van der Waals surface area (Å²) >= 11 is 0. The van der Waals surface area contributed by atoms with Crippen LogP contribution in [0.15, 0.2) is 41.0 Å². The van der Waals surface area contributed by atoms with Crippen LogP contribution in [-0.4, -0.2) is 31.4 Å². The molecule has 1 amide bonds. The summed E-state index contributed by atoms with van der Waals surface area (Å²) < 4.78 is 18.2. The van der Waals surface area contributed by atoms with Gasteiger partial charge in [0.25, 0.3) is 5.91 Å². The van der Waals surface area contributed by atoms with Crippen LogP contribution in [0.3, 0.4) is 0 Å². The van der Waals surface area contributed by atoms with Crippen LogP contribution in [0.2, 0.25) is 0 Å². The van der Waals surface area contributed by atoms with Crippen molar-refractivity contribution in [3.05, 3.63) is 59.3 Å². The monoisotopic (exact) mass is 305 g/mol. The molecule has 5 nitrogen and oxygen atoms in total. The van der Waals surface area contributed by atoms with Gasteiger partial charge in [0.15, 0.2) is 0 Å². The highest BCUT2D eigenvalue weighted by Gasteiger charge is 2.17. The van der Waals surface area contributed by atoms with E-state index >= 15 is 0 Å². The number of rotatable bonds is 6. The predicted octanol–water partition coefficient (Wildman–Crippen LogP) is 1.91. The zero-order valence-electron chi connectivity index (χ0n) is 12.7. The highest BCUT2D eigenvalue weighted by molar-refractivity contribution is 5.94. The largest absolute Gasteiger partial charge is 0.467 e. The average Bonchev–Trinajstić information content (AvgIpc) is 2.98. The van der Waals surface area contributed by atoms with Crippen molar-refractivity contribution in [3.8, 4) is 0 Å². The van der Waals surface area contributed by atoms with E-state index in [4.69, 9.17) is 10.2 Å². The van der Waals surface area contributed by atoms with E-state index in [2.05, 4.69) is 5.32 Å². The molecule has 0 aliphatic carbocycles. The molecule has 0 aliphatic rings. The Kier molecular flexibility index (Phi) is 5.30. The van der Waals surface area contributed by atoms with Crippen molar-refractivity contribution in [1.82, 2.24) is 10.2 Å². The molecule has 1 heterocycles. The van der Waals surface area contributed by atoms with Crippen LogP contribution in [0.4, 0.5) is 4.39 Å². The summed E-state index contributed by atoms with van der Waals surface area (Å²) in [5.41, 5.74) is 6.82. The molecule has 1 aromatic carbocycles. The summed E-state index contributed by atoms with van der Waals surface area (Å²) in [5.74, 6) is 0.0586. The molecule has 2 aromatic rings. The lowest BCUT2D eigenvalue weighted by Crippen LogP contribution is -2.34. The lowest BCUT2D eigenvalue weighted by atomic mass is 10.1. The van der Waals surface area contributed by atoms with Crippen LogP contribution in [0.25, 0.3) is 0 Å². The Morgan fingerprint density at radius 3 is 2.59 bits per heavy atom. The molecule has 3 N–H and O–H groups in total. The van der Waals surface area contributed by atoms with Gasteiger partial charge in [0, 0.05) is 6.54 Å². The van der Waals surface area contributed by atoms with E-state index in [1.165, 1.54) is 18.4 Å². The number of nitrogens with one attached hydrogen (secondary N) is 1. The lowest BCUT2D eigenvalue weighted by Gasteiger charge is -2.25. The number of hydrogen-bond donors (Lipinski definition) is 2. The number of amides is 1. The Hall–Kier alpha value is -2.18. The van der Waals surface area contributed by atoms with E-state index in [0.717, 1.165) is 5.56 Å². The van der Waals surface area contributed by atoms with Crippen molar-refractivity contribution in [2.24, 2.45) is 5.73 Å². The Balaban J connectivity index is 2.02. The number of carbonyl (C=O) groups is 1. The molecule has 2 rings (SSSR count). The zero-order valence-corrected chi connectivity index (χ0v) is 12.7. The van der Waals surface area contributed by atoms with Crippen molar-refractivity contribution < 1.29 is 13.6 Å². The lowest BCUT2D eigenvalue weighted by molar-refractivity contribution is 0.0941. The molecule has 0 saturated heterocycles. The van der Waals surface area contributed by atoms with E-state index in [1.54, 1.807) is 18.2 Å². The fourth-order valence-corrected chi connectivity index (χ4v) is 2.18. The molecule has 6 heteroatoms. The van der Waals surface area contributed by atoms with Gasteiger partial charge < -0.3 is 20.4 Å². The number of carbonyl (C=O) groups excluding carboxylic acids is 1. The number of nitrogens with zero attached hydrogens (tertiary/aromatic N) is 1. The van der Waals surface area contributed by atoms with Crippen molar-refractivity contribution in [2.45, 2.75) is 12.6 Å². The fourth-order valence-electron chi connectivity index (χ4n) is 2.18. The van der Waals surface area contributed by atoms with Gasteiger partial charge in [-0.05, 0) is 37.9 Å². The van der Waals surface area contributed by atoms with Crippen LogP contribution in [-0.2, 0) is 6.54 Å². The molecule has 22 heavy (non-hydrogen) atoms. The Labute approximate surface area is 128 Å². The Morgan fingerprint density at radius 2 is 2.05 bits per heavy atom. The van der Waals surface area contributed by atoms with E-state index in [-0.39, 0.29) is 24.3 Å². The number of furan rings is 1. The second-order valence-corrected chi connectivity index (χ2v) is 5.25. The van der Waals surface area contributed by atoms with E-state index in [1.807, 2.05) is 19.0 Å². The summed E-state index contributed by atoms with van der Waals surface area (Å²) in [5, 5.41) is 2.86. The summed E-state index contributed by atoms with van der Waals surface area (Å²) in [6.45, 7) is 0.657. The molecule has 0 radical (unpaired) electrons. The van der Waals surface area contributed by atoms with Gasteiger partial charge in [-0.25, -0.2) is 4.39 Å². The molecule has 0 saturated carbocycles. The first-order valence-electron chi connectivity index (χ1n) is 6.99. The third-order valence-electron chi connectivity index (χ3n) is 3.45. The maximum atomic E-state index is 13.0. The van der Waals surface area contributed by atoms with Crippen molar-refractivity contribution in [2.75, 3.05) is 20.6 Å². The third-order valence-corrected chi connectivity index (χ3v) is 3.45. The highest BCUT2D eigenvalue weighted by Crippen LogP contribution is 2.18. The molecule has 0 spiro atoms. The molecular weight excluding hydrogens is 285 g/mol. The SMILES string of the molecule is CN(C)C(CNC(=O)c1coc(CN)c1)c1ccc(F)cc1. The number of hydrogen-bond acceptors (Lipinski definition) is 4. The van der Waals surface area contributed by atoms with Crippen molar-refractivity contribution in [1.29, 1.82) is 0 Å². The van der Waals surface area contributed by atoms with Gasteiger partial charge in [0.1, 0.15) is 17.8 Å². The zero-order chi connectivity index (χ0) is 16.1. The summed E-state index contributed by atoms with van der Waals surface area (Å²) in [4.78, 5) is 14.1. The first kappa shape index (κ1) is 16.2. The van der Waals surface area contributed by atoms with Gasteiger partial charge in [-0.3, -0.25) is 4.79 Å². The predicted molar refractivity (Wildman–Crippen MR) is 81.8 cm³/mol. The van der Waals surface area contributed by atoms with Gasteiger partial charge >= 0.3 is 0 Å². The van der Waals surface area contributed by atoms with Crippen LogP contribution < -0.4 is 11.1 Å². The van der Waals surface area contributed by atoms with Crippen LogP contribution >= 0.6 is 0 Å². The van der Waals surface area contributed by atoms with Crippen molar-refractivity contribution >= 4 is 5.91 Å². The highest BCUT2D eigenvalue weighted by atomic mass is 19.1. The minimum atomic E-state index is -0.280. The Morgan fingerprint density at radius 1 is 1.36 bits per heavy atom. The smallest absolute Gasteiger partial charge is 0.254 e. The average molecular weight is 305 g/mol. The van der Waals surface area contributed by atoms with Crippen LogP contribution in [0.5, 0.6) is 0 Å². The minimum absolute atomic E-state index is 0.0505. The van der Waals surface area contributed by atoms with E-state index < -0.39 is 0 Å². The molecular formula is C16H20FN3O2. The van der Waals surface area contributed by atoms with Gasteiger partial charge in [0.05, 0.1) is 18.2 Å². The Bertz CT molecular complexity index is 623. The molecule has 1 aromatic heterocycles. The molecule has 0 bridgehead atoms. The standard InChI is InChI=1S/C16H20FN3O2/c1-20(2)15(11-3-5-13(17)6-4-11)9-19-16(21)12-7-14(8-18)22-10-12/h3-7,10,15H,8-9,18H2,1-2H3,(H,19,21).